The number of sulfonamides is 1. The van der Waals surface area contributed by atoms with Crippen LogP contribution in [-0.2, 0) is 16.6 Å². The van der Waals surface area contributed by atoms with Crippen LogP contribution in [0.25, 0.3) is 0 Å². The van der Waals surface area contributed by atoms with E-state index >= 15 is 0 Å². The van der Waals surface area contributed by atoms with Crippen molar-refractivity contribution < 1.29 is 13.2 Å². The molecule has 112 valence electrons. The quantitative estimate of drug-likeness (QED) is 0.878. The van der Waals surface area contributed by atoms with E-state index in [1.165, 1.54) is 7.11 Å². The highest BCUT2D eigenvalue weighted by molar-refractivity contribution is 9.10. The van der Waals surface area contributed by atoms with Gasteiger partial charge in [0.25, 0.3) is 0 Å². The molecule has 0 bridgehead atoms. The van der Waals surface area contributed by atoms with E-state index in [4.69, 9.17) is 4.74 Å². The second-order valence-electron chi connectivity index (χ2n) is 4.44. The highest BCUT2D eigenvalue weighted by atomic mass is 79.9. The summed E-state index contributed by atoms with van der Waals surface area (Å²) in [6.07, 6.45) is 1.58. The molecule has 21 heavy (non-hydrogen) atoms. The second-order valence-corrected chi connectivity index (χ2v) is 7.09. The van der Waals surface area contributed by atoms with Crippen molar-refractivity contribution in [3.05, 3.63) is 52.1 Å². The molecule has 7 heteroatoms. The maximum Gasteiger partial charge on any atom is 0.241 e. The Hall–Kier alpha value is -1.44. The molecule has 5 nitrogen and oxygen atoms in total. The highest BCUT2D eigenvalue weighted by Crippen LogP contribution is 2.20. The van der Waals surface area contributed by atoms with Gasteiger partial charge >= 0.3 is 0 Å². The van der Waals surface area contributed by atoms with E-state index in [1.807, 2.05) is 6.07 Å². The molecule has 0 aliphatic heterocycles. The number of halogens is 1. The molecule has 1 aromatic heterocycles. The first-order chi connectivity index (χ1) is 9.92. The van der Waals surface area contributed by atoms with Crippen molar-refractivity contribution in [1.29, 1.82) is 0 Å². The largest absolute Gasteiger partial charge is 0.481 e. The van der Waals surface area contributed by atoms with Crippen LogP contribution in [0.5, 0.6) is 5.88 Å². The summed E-state index contributed by atoms with van der Waals surface area (Å²) in [5, 5.41) is 0. The van der Waals surface area contributed by atoms with Crippen LogP contribution in [0.15, 0.2) is 45.9 Å². The number of methoxy groups -OCH3 is 1. The number of pyridine rings is 1. The van der Waals surface area contributed by atoms with Gasteiger partial charge in [-0.05, 0) is 30.2 Å². The van der Waals surface area contributed by atoms with Gasteiger partial charge in [-0.1, -0.05) is 28.1 Å². The summed E-state index contributed by atoms with van der Waals surface area (Å²) in [7, 11) is -2.04. The Bertz CT molecular complexity index is 730. The number of nitrogens with zero attached hydrogens (tertiary/aromatic N) is 1. The minimum absolute atomic E-state index is 0.172. The molecule has 0 amide bonds. The van der Waals surface area contributed by atoms with Crippen molar-refractivity contribution in [3.8, 4) is 5.88 Å². The number of nitrogens with one attached hydrogen (secondary N) is 1. The molecule has 1 aromatic carbocycles. The normalized spacial score (nSPS) is 11.4. The molecule has 0 spiro atoms. The summed E-state index contributed by atoms with van der Waals surface area (Å²) >= 11 is 3.28. The molecular weight excluding hydrogens is 356 g/mol. The van der Waals surface area contributed by atoms with Crippen molar-refractivity contribution in [2.45, 2.75) is 18.4 Å². The summed E-state index contributed by atoms with van der Waals surface area (Å²) in [5.41, 5.74) is 1.45. The number of hydrogen-bond donors (Lipinski definition) is 1. The molecule has 1 heterocycles. The van der Waals surface area contributed by atoms with E-state index in [0.29, 0.717) is 11.4 Å². The van der Waals surface area contributed by atoms with Crippen LogP contribution < -0.4 is 9.46 Å². The lowest BCUT2D eigenvalue weighted by Gasteiger charge is -2.10. The zero-order valence-electron chi connectivity index (χ0n) is 11.6. The fourth-order valence-electron chi connectivity index (χ4n) is 1.76. The molecule has 0 aliphatic carbocycles. The lowest BCUT2D eigenvalue weighted by molar-refractivity contribution is 0.397. The minimum Gasteiger partial charge on any atom is -0.481 e. The van der Waals surface area contributed by atoms with Gasteiger partial charge in [0.2, 0.25) is 15.9 Å². The predicted octanol–water partition coefficient (Wildman–Crippen LogP) is 2.64. The molecule has 0 unspecified atom stereocenters. The molecule has 1 N–H and O–H groups in total. The van der Waals surface area contributed by atoms with Crippen molar-refractivity contribution in [1.82, 2.24) is 9.71 Å². The van der Waals surface area contributed by atoms with Crippen molar-refractivity contribution in [2.24, 2.45) is 0 Å². The van der Waals surface area contributed by atoms with Crippen LogP contribution in [-0.4, -0.2) is 20.5 Å². The lowest BCUT2D eigenvalue weighted by Crippen LogP contribution is -2.24. The molecule has 0 saturated carbocycles. The monoisotopic (exact) mass is 370 g/mol. The number of ether oxygens (including phenoxy) is 1. The van der Waals surface area contributed by atoms with Crippen LogP contribution in [0.1, 0.15) is 11.1 Å². The third-order valence-corrected chi connectivity index (χ3v) is 4.95. The van der Waals surface area contributed by atoms with Crippen LogP contribution in [0, 0.1) is 6.92 Å². The van der Waals surface area contributed by atoms with E-state index in [1.54, 1.807) is 37.4 Å². The summed E-state index contributed by atoms with van der Waals surface area (Å²) in [5.74, 6) is 0.490. The first-order valence-electron chi connectivity index (χ1n) is 6.17. The number of aromatic nitrogens is 1. The fourth-order valence-corrected chi connectivity index (χ4v) is 3.55. The van der Waals surface area contributed by atoms with Crippen molar-refractivity contribution in [3.63, 3.8) is 0 Å². The van der Waals surface area contributed by atoms with Gasteiger partial charge in [-0.15, -0.1) is 0 Å². The third kappa shape index (κ3) is 4.03. The first-order valence-corrected chi connectivity index (χ1v) is 8.45. The van der Waals surface area contributed by atoms with Crippen molar-refractivity contribution >= 4 is 26.0 Å². The summed E-state index contributed by atoms with van der Waals surface area (Å²) in [6, 6.07) is 8.61. The third-order valence-electron chi connectivity index (χ3n) is 2.91. The van der Waals surface area contributed by atoms with E-state index in [0.717, 1.165) is 10.0 Å². The average Bonchev–Trinajstić information content (AvgIpc) is 2.48. The number of aryl methyl sites for hydroxylation is 1. The smallest absolute Gasteiger partial charge is 0.241 e. The Morgan fingerprint density at radius 3 is 2.67 bits per heavy atom. The van der Waals surface area contributed by atoms with Gasteiger partial charge in [0, 0.05) is 23.3 Å². The van der Waals surface area contributed by atoms with E-state index in [9.17, 15) is 8.42 Å². The molecule has 0 saturated heterocycles. The van der Waals surface area contributed by atoms with Crippen LogP contribution in [0.4, 0.5) is 0 Å². The van der Waals surface area contributed by atoms with Gasteiger partial charge in [0.05, 0.1) is 12.0 Å². The molecule has 0 atom stereocenters. The fraction of sp³-hybridized carbons (Fsp3) is 0.214. The second kappa shape index (κ2) is 6.55. The van der Waals surface area contributed by atoms with E-state index in [2.05, 4.69) is 25.6 Å². The number of benzene rings is 1. The molecule has 2 aromatic rings. The molecule has 2 rings (SSSR count). The lowest BCUT2D eigenvalue weighted by atomic mass is 10.2. The van der Waals surface area contributed by atoms with E-state index in [-0.39, 0.29) is 11.4 Å². The molecular formula is C14H15BrN2O3S. The summed E-state index contributed by atoms with van der Waals surface area (Å²) in [6.45, 7) is 1.93. The SMILES string of the molecule is COc1ccc(CNS(=O)(=O)c2cc(Br)ccc2C)cn1. The number of rotatable bonds is 5. The minimum atomic E-state index is -3.57. The van der Waals surface area contributed by atoms with Crippen LogP contribution in [0.3, 0.4) is 0 Å². The highest BCUT2D eigenvalue weighted by Gasteiger charge is 2.16. The van der Waals surface area contributed by atoms with Gasteiger partial charge in [-0.25, -0.2) is 18.1 Å². The van der Waals surface area contributed by atoms with Crippen LogP contribution in [0.2, 0.25) is 0 Å². The molecule has 0 aliphatic rings. The topological polar surface area (TPSA) is 68.3 Å². The Kier molecular flexibility index (Phi) is 4.97. The zero-order chi connectivity index (χ0) is 15.5. The Balaban J connectivity index is 2.15. The molecule has 0 fully saturated rings. The zero-order valence-corrected chi connectivity index (χ0v) is 14.0. The average molecular weight is 371 g/mol. The van der Waals surface area contributed by atoms with Gasteiger partial charge < -0.3 is 4.74 Å². The summed E-state index contributed by atoms with van der Waals surface area (Å²) < 4.78 is 32.9. The predicted molar refractivity (Wildman–Crippen MR) is 83.7 cm³/mol. The molecule has 0 radical (unpaired) electrons. The van der Waals surface area contributed by atoms with Gasteiger partial charge in [-0.3, -0.25) is 0 Å². The number of hydrogen-bond acceptors (Lipinski definition) is 4. The van der Waals surface area contributed by atoms with Gasteiger partial charge in [0.15, 0.2) is 0 Å². The maximum absolute atomic E-state index is 12.3. The summed E-state index contributed by atoms with van der Waals surface area (Å²) in [4.78, 5) is 4.30. The van der Waals surface area contributed by atoms with Crippen LogP contribution >= 0.6 is 15.9 Å². The Morgan fingerprint density at radius 2 is 2.05 bits per heavy atom. The van der Waals surface area contributed by atoms with Crippen molar-refractivity contribution in [2.75, 3.05) is 7.11 Å². The Labute approximate surface area is 132 Å². The van der Waals surface area contributed by atoms with Gasteiger partial charge in [-0.2, -0.15) is 0 Å². The Morgan fingerprint density at radius 1 is 1.29 bits per heavy atom. The van der Waals surface area contributed by atoms with E-state index < -0.39 is 10.0 Å². The van der Waals surface area contributed by atoms with Gasteiger partial charge in [0.1, 0.15) is 0 Å². The first kappa shape index (κ1) is 15.9. The standard InChI is InChI=1S/C14H15BrN2O3S/c1-10-3-5-12(15)7-13(10)21(18,19)17-9-11-4-6-14(20-2)16-8-11/h3-8,17H,9H2,1-2H3. The maximum atomic E-state index is 12.3.